The van der Waals surface area contributed by atoms with Crippen molar-refractivity contribution in [3.8, 4) is 0 Å². The largest absolute Gasteiger partial charge is 0.296 e. The second kappa shape index (κ2) is 5.23. The molecule has 0 aliphatic rings. The van der Waals surface area contributed by atoms with Crippen LogP contribution in [-0.2, 0) is 4.79 Å². The number of carbonyl (C=O) groups excluding carboxylic acids is 2. The van der Waals surface area contributed by atoms with Crippen molar-refractivity contribution in [2.75, 3.05) is 4.90 Å². The Hall–Kier alpha value is -2.15. The highest BCUT2D eigenvalue weighted by atomic mass is 32.1. The van der Waals surface area contributed by atoms with E-state index in [1.54, 1.807) is 0 Å². The minimum atomic E-state index is -0.877. The van der Waals surface area contributed by atoms with Crippen LogP contribution in [0.1, 0.15) is 17.4 Å². The van der Waals surface area contributed by atoms with E-state index in [9.17, 15) is 18.4 Å². The number of halogens is 2. The minimum Gasteiger partial charge on any atom is -0.296 e. The zero-order chi connectivity index (χ0) is 14.0. The van der Waals surface area contributed by atoms with Gasteiger partial charge in [-0.3, -0.25) is 14.5 Å². The number of nitrogens with zero attached hydrogens (tertiary/aromatic N) is 2. The molecule has 1 aromatic heterocycles. The van der Waals surface area contributed by atoms with Crippen LogP contribution in [0, 0.1) is 11.6 Å². The molecule has 7 heteroatoms. The average Bonchev–Trinajstić information content (AvgIpc) is 2.80. The molecular formula is C12H8F2N2O2S. The Morgan fingerprint density at radius 3 is 2.68 bits per heavy atom. The number of benzene rings is 1. The van der Waals surface area contributed by atoms with Gasteiger partial charge in [0, 0.05) is 18.4 Å². The molecule has 2 aromatic rings. The van der Waals surface area contributed by atoms with Crippen molar-refractivity contribution in [3.05, 3.63) is 40.9 Å². The Morgan fingerprint density at radius 1 is 1.42 bits per heavy atom. The molecule has 0 atom stereocenters. The Labute approximate surface area is 111 Å². The fourth-order valence-corrected chi connectivity index (χ4v) is 2.33. The van der Waals surface area contributed by atoms with Crippen molar-refractivity contribution in [1.82, 2.24) is 4.98 Å². The molecule has 0 fully saturated rings. The van der Waals surface area contributed by atoms with Gasteiger partial charge in [-0.25, -0.2) is 13.8 Å². The fourth-order valence-electron chi connectivity index (χ4n) is 1.50. The molecule has 1 aromatic carbocycles. The Kier molecular flexibility index (Phi) is 3.66. The molecule has 0 spiro atoms. The van der Waals surface area contributed by atoms with Crippen LogP contribution in [0.3, 0.4) is 0 Å². The van der Waals surface area contributed by atoms with Crippen LogP contribution in [-0.4, -0.2) is 17.2 Å². The van der Waals surface area contributed by atoms with E-state index >= 15 is 0 Å². The summed E-state index contributed by atoms with van der Waals surface area (Å²) < 4.78 is 26.6. The van der Waals surface area contributed by atoms with Crippen LogP contribution < -0.4 is 4.90 Å². The van der Waals surface area contributed by atoms with Crippen LogP contribution in [0.5, 0.6) is 0 Å². The molecule has 98 valence electrons. The summed E-state index contributed by atoms with van der Waals surface area (Å²) in [6.07, 6.45) is 0.527. The van der Waals surface area contributed by atoms with Crippen molar-refractivity contribution in [2.24, 2.45) is 0 Å². The third-order valence-corrected chi connectivity index (χ3v) is 3.13. The van der Waals surface area contributed by atoms with Gasteiger partial charge >= 0.3 is 0 Å². The molecule has 0 saturated heterocycles. The lowest BCUT2D eigenvalue weighted by Gasteiger charge is -2.18. The van der Waals surface area contributed by atoms with Crippen molar-refractivity contribution in [1.29, 1.82) is 0 Å². The third kappa shape index (κ3) is 2.65. The summed E-state index contributed by atoms with van der Waals surface area (Å²) in [4.78, 5) is 27.1. The highest BCUT2D eigenvalue weighted by Crippen LogP contribution is 2.30. The molecule has 0 aliphatic carbocycles. The summed E-state index contributed by atoms with van der Waals surface area (Å²) in [7, 11) is 0. The van der Waals surface area contributed by atoms with Crippen molar-refractivity contribution < 1.29 is 18.4 Å². The van der Waals surface area contributed by atoms with Crippen LogP contribution in [0.4, 0.5) is 19.6 Å². The second-order valence-electron chi connectivity index (χ2n) is 3.62. The van der Waals surface area contributed by atoms with Crippen molar-refractivity contribution in [3.63, 3.8) is 0 Å². The molecule has 1 amide bonds. The molecular weight excluding hydrogens is 274 g/mol. The van der Waals surface area contributed by atoms with E-state index in [2.05, 4.69) is 4.98 Å². The molecule has 2 rings (SSSR count). The van der Waals surface area contributed by atoms with Gasteiger partial charge in [-0.15, -0.1) is 11.3 Å². The van der Waals surface area contributed by atoms with Crippen molar-refractivity contribution >= 4 is 34.3 Å². The first-order chi connectivity index (χ1) is 9.02. The minimum absolute atomic E-state index is 0.110. The number of rotatable bonds is 3. The zero-order valence-electron chi connectivity index (χ0n) is 9.76. The average molecular weight is 282 g/mol. The lowest BCUT2D eigenvalue weighted by Crippen LogP contribution is -2.23. The van der Waals surface area contributed by atoms with Crippen molar-refractivity contribution in [2.45, 2.75) is 6.92 Å². The number of amides is 1. The van der Waals surface area contributed by atoms with Crippen LogP contribution in [0.15, 0.2) is 23.6 Å². The maximum Gasteiger partial charge on any atom is 0.230 e. The molecule has 19 heavy (non-hydrogen) atoms. The normalized spacial score (nSPS) is 10.3. The van der Waals surface area contributed by atoms with E-state index in [0.717, 1.165) is 28.4 Å². The van der Waals surface area contributed by atoms with Crippen LogP contribution in [0.25, 0.3) is 0 Å². The number of aldehydes is 1. The van der Waals surface area contributed by atoms with E-state index in [1.165, 1.54) is 12.3 Å². The maximum absolute atomic E-state index is 13.7. The first kappa shape index (κ1) is 13.3. The third-order valence-electron chi connectivity index (χ3n) is 2.29. The van der Waals surface area contributed by atoms with E-state index in [-0.39, 0.29) is 16.5 Å². The highest BCUT2D eigenvalue weighted by molar-refractivity contribution is 7.14. The molecule has 1 heterocycles. The Balaban J connectivity index is 2.51. The Morgan fingerprint density at radius 2 is 2.16 bits per heavy atom. The van der Waals surface area contributed by atoms with Gasteiger partial charge in [-0.2, -0.15) is 0 Å². The molecule has 0 saturated carbocycles. The first-order valence-electron chi connectivity index (χ1n) is 5.19. The predicted molar refractivity (Wildman–Crippen MR) is 66.7 cm³/mol. The maximum atomic E-state index is 13.7. The smallest absolute Gasteiger partial charge is 0.230 e. The van der Waals surface area contributed by atoms with Gasteiger partial charge in [0.1, 0.15) is 17.3 Å². The van der Waals surface area contributed by atoms with E-state index in [1.807, 2.05) is 0 Å². The standard InChI is InChI=1S/C12H8F2N2O2S/c1-7(18)16(12-15-9(5-17)6-19-12)11-3-2-8(13)4-10(11)14/h2-6H,1H3. The quantitative estimate of drug-likeness (QED) is 0.813. The number of anilines is 2. The van der Waals surface area contributed by atoms with Crippen LogP contribution >= 0.6 is 11.3 Å². The fraction of sp³-hybridized carbons (Fsp3) is 0.0833. The van der Waals surface area contributed by atoms with E-state index < -0.39 is 17.5 Å². The number of thiazole rings is 1. The molecule has 0 unspecified atom stereocenters. The van der Waals surface area contributed by atoms with Gasteiger partial charge in [0.05, 0.1) is 5.69 Å². The van der Waals surface area contributed by atoms with Gasteiger partial charge in [-0.1, -0.05) is 0 Å². The lowest BCUT2D eigenvalue weighted by atomic mass is 10.2. The number of hydrogen-bond acceptors (Lipinski definition) is 4. The number of carbonyl (C=O) groups is 2. The molecule has 0 radical (unpaired) electrons. The van der Waals surface area contributed by atoms with Gasteiger partial charge in [-0.05, 0) is 12.1 Å². The topological polar surface area (TPSA) is 50.3 Å². The summed E-state index contributed by atoms with van der Waals surface area (Å²) in [5.41, 5.74) is 0.0365. The summed E-state index contributed by atoms with van der Waals surface area (Å²) in [5, 5.41) is 1.60. The highest BCUT2D eigenvalue weighted by Gasteiger charge is 2.21. The monoisotopic (exact) mass is 282 g/mol. The number of aromatic nitrogens is 1. The predicted octanol–water partition coefficient (Wildman–Crippen LogP) is 2.92. The van der Waals surface area contributed by atoms with Crippen LogP contribution in [0.2, 0.25) is 0 Å². The van der Waals surface area contributed by atoms with Gasteiger partial charge in [0.15, 0.2) is 11.4 Å². The number of hydrogen-bond donors (Lipinski definition) is 0. The molecule has 4 nitrogen and oxygen atoms in total. The van der Waals surface area contributed by atoms with Gasteiger partial charge in [0.25, 0.3) is 0 Å². The molecule has 0 bridgehead atoms. The Bertz CT molecular complexity index is 642. The SMILES string of the molecule is CC(=O)N(c1nc(C=O)cs1)c1ccc(F)cc1F. The zero-order valence-corrected chi connectivity index (χ0v) is 10.6. The van der Waals surface area contributed by atoms with E-state index in [0.29, 0.717) is 12.4 Å². The van der Waals surface area contributed by atoms with Gasteiger partial charge < -0.3 is 0 Å². The summed E-state index contributed by atoms with van der Waals surface area (Å²) >= 11 is 1.02. The second-order valence-corrected chi connectivity index (χ2v) is 4.46. The molecule has 0 N–H and O–H groups in total. The lowest BCUT2D eigenvalue weighted by molar-refractivity contribution is -0.115. The summed E-state index contributed by atoms with van der Waals surface area (Å²) in [5.74, 6) is -2.10. The first-order valence-corrected chi connectivity index (χ1v) is 6.07. The van der Waals surface area contributed by atoms with Gasteiger partial charge in [0.2, 0.25) is 5.91 Å². The summed E-state index contributed by atoms with van der Waals surface area (Å²) in [6, 6.07) is 2.87. The molecule has 0 aliphatic heterocycles. The summed E-state index contributed by atoms with van der Waals surface area (Å²) in [6.45, 7) is 1.23. The van der Waals surface area contributed by atoms with E-state index in [4.69, 9.17) is 0 Å².